The van der Waals surface area contributed by atoms with Crippen LogP contribution in [0.2, 0.25) is 5.02 Å². The van der Waals surface area contributed by atoms with E-state index in [0.717, 1.165) is 0 Å². The Bertz CT molecular complexity index is 749. The maximum atomic E-state index is 12.3. The van der Waals surface area contributed by atoms with Crippen molar-refractivity contribution in [3.8, 4) is 0 Å². The molecule has 0 N–H and O–H groups in total. The summed E-state index contributed by atoms with van der Waals surface area (Å²) >= 11 is 35.9. The number of rotatable bonds is 1. The second kappa shape index (κ2) is 6.55. The number of ketones is 1. The minimum absolute atomic E-state index is 0.185. The lowest BCUT2D eigenvalue weighted by Crippen LogP contribution is -2.54. The van der Waals surface area contributed by atoms with Gasteiger partial charge in [0, 0.05) is 10.6 Å². The fourth-order valence-corrected chi connectivity index (χ4v) is 3.23. The maximum Gasteiger partial charge on any atom is 0.277 e. The largest absolute Gasteiger partial charge is 0.290 e. The summed E-state index contributed by atoms with van der Waals surface area (Å²) in [7, 11) is 0. The second-order valence-electron chi connectivity index (χ2n) is 4.81. The number of aliphatic imine (C=N–C) groups is 1. The number of Topliss-reactive ketones (excluding diaryl/α,β-unsaturated/α-hetero) is 1. The molecule has 1 amide bonds. The molecule has 0 saturated heterocycles. The number of hydrogen-bond acceptors (Lipinski definition) is 2. The quantitative estimate of drug-likeness (QED) is 0.559. The highest BCUT2D eigenvalue weighted by atomic mass is 35.5. The van der Waals surface area contributed by atoms with Gasteiger partial charge in [-0.25, -0.2) is 4.99 Å². The zero-order chi connectivity index (χ0) is 17.6. The first-order chi connectivity index (χ1) is 10.5. The van der Waals surface area contributed by atoms with Crippen molar-refractivity contribution in [3.05, 3.63) is 44.9 Å². The number of alkyl halides is 3. The van der Waals surface area contributed by atoms with Crippen LogP contribution >= 0.6 is 69.6 Å². The molecule has 0 heterocycles. The van der Waals surface area contributed by atoms with Crippen molar-refractivity contribution in [2.45, 2.75) is 16.1 Å². The number of benzene rings is 1. The van der Waals surface area contributed by atoms with Gasteiger partial charge >= 0.3 is 0 Å². The number of halogens is 6. The van der Waals surface area contributed by atoms with Crippen LogP contribution in [0.25, 0.3) is 0 Å². The molecule has 2 rings (SSSR count). The molecule has 0 saturated carbocycles. The lowest BCUT2D eigenvalue weighted by atomic mass is 9.90. The Morgan fingerprint density at radius 1 is 1.00 bits per heavy atom. The van der Waals surface area contributed by atoms with Gasteiger partial charge in [-0.2, -0.15) is 0 Å². The summed E-state index contributed by atoms with van der Waals surface area (Å²) < 4.78 is -2.12. The Labute approximate surface area is 162 Å². The lowest BCUT2D eigenvalue weighted by molar-refractivity contribution is -0.116. The third-order valence-electron chi connectivity index (χ3n) is 3.22. The van der Waals surface area contributed by atoms with E-state index in [4.69, 9.17) is 69.6 Å². The molecule has 0 aromatic heterocycles. The van der Waals surface area contributed by atoms with Crippen molar-refractivity contribution < 1.29 is 9.59 Å². The number of carbonyl (C=O) groups excluding carboxylic acids is 2. The molecule has 1 unspecified atom stereocenters. The van der Waals surface area contributed by atoms with Crippen LogP contribution in [0.4, 0.5) is 0 Å². The minimum Gasteiger partial charge on any atom is -0.290 e. The van der Waals surface area contributed by atoms with E-state index in [0.29, 0.717) is 5.02 Å². The highest BCUT2D eigenvalue weighted by Crippen LogP contribution is 2.49. The van der Waals surface area contributed by atoms with Crippen molar-refractivity contribution in [2.75, 3.05) is 0 Å². The molecular weight excluding hydrogens is 427 g/mol. The molecule has 23 heavy (non-hydrogen) atoms. The van der Waals surface area contributed by atoms with Crippen LogP contribution in [-0.4, -0.2) is 26.6 Å². The minimum atomic E-state index is -2.12. The van der Waals surface area contributed by atoms with Crippen LogP contribution in [0, 0.1) is 0 Å². The Balaban J connectivity index is 2.57. The molecule has 1 aromatic carbocycles. The van der Waals surface area contributed by atoms with Crippen LogP contribution in [0.15, 0.2) is 39.3 Å². The second-order valence-corrected chi connectivity index (χ2v) is 8.08. The SMILES string of the molecule is CC1(Cl)C(=NC(=O)c2ccc(Cl)cc2)C(Cl)=C(Cl)C(=O)C1(Cl)Cl. The molecule has 1 aliphatic carbocycles. The normalized spacial score (nSPS) is 25.9. The Kier molecular flexibility index (Phi) is 5.42. The van der Waals surface area contributed by atoms with Gasteiger partial charge in [0.15, 0.2) is 0 Å². The number of nitrogens with zero attached hydrogens (tertiary/aromatic N) is 1. The molecule has 1 aromatic rings. The van der Waals surface area contributed by atoms with E-state index < -0.39 is 25.9 Å². The predicted octanol–water partition coefficient (Wildman–Crippen LogP) is 5.36. The maximum absolute atomic E-state index is 12.3. The van der Waals surface area contributed by atoms with Gasteiger partial charge in [-0.3, -0.25) is 9.59 Å². The van der Waals surface area contributed by atoms with Crippen molar-refractivity contribution in [1.82, 2.24) is 0 Å². The predicted molar refractivity (Wildman–Crippen MR) is 95.7 cm³/mol. The van der Waals surface area contributed by atoms with Gasteiger partial charge in [0.1, 0.15) is 9.91 Å². The third kappa shape index (κ3) is 3.28. The first kappa shape index (κ1) is 19.0. The van der Waals surface area contributed by atoms with Gasteiger partial charge in [0.2, 0.25) is 10.1 Å². The van der Waals surface area contributed by atoms with E-state index in [1.54, 1.807) is 0 Å². The molecule has 0 fully saturated rings. The van der Waals surface area contributed by atoms with E-state index >= 15 is 0 Å². The number of carbonyl (C=O) groups is 2. The van der Waals surface area contributed by atoms with Gasteiger partial charge in [-0.05, 0) is 31.2 Å². The molecule has 0 spiro atoms. The van der Waals surface area contributed by atoms with Crippen LogP contribution < -0.4 is 0 Å². The van der Waals surface area contributed by atoms with Crippen molar-refractivity contribution in [2.24, 2.45) is 4.99 Å². The highest BCUT2D eigenvalue weighted by molar-refractivity contribution is 6.75. The summed E-state index contributed by atoms with van der Waals surface area (Å²) in [6, 6.07) is 6.00. The molecule has 3 nitrogen and oxygen atoms in total. The standard InChI is InChI=1S/C14H7Cl6NO2/c1-13(18)10(8(16)9(17)11(22)14(13,19)20)21-12(23)6-2-4-7(15)5-3-6/h2-5H,1H3. The van der Waals surface area contributed by atoms with Gasteiger partial charge in [0.25, 0.3) is 5.91 Å². The molecule has 1 atom stereocenters. The summed E-state index contributed by atoms with van der Waals surface area (Å²) in [5, 5.41) is -0.244. The van der Waals surface area contributed by atoms with Crippen molar-refractivity contribution in [1.29, 1.82) is 0 Å². The molecule has 0 radical (unpaired) electrons. The van der Waals surface area contributed by atoms with Crippen molar-refractivity contribution >= 4 is 87.0 Å². The third-order valence-corrected chi connectivity index (χ3v) is 6.06. The fourth-order valence-electron chi connectivity index (χ4n) is 1.82. The van der Waals surface area contributed by atoms with Gasteiger partial charge < -0.3 is 0 Å². The fraction of sp³-hybridized carbons (Fsp3) is 0.214. The van der Waals surface area contributed by atoms with Gasteiger partial charge in [-0.1, -0.05) is 58.0 Å². The van der Waals surface area contributed by atoms with Crippen LogP contribution in [0.1, 0.15) is 17.3 Å². The zero-order valence-electron chi connectivity index (χ0n) is 11.3. The molecule has 0 bridgehead atoms. The smallest absolute Gasteiger partial charge is 0.277 e. The molecule has 0 aliphatic heterocycles. The number of amides is 1. The Morgan fingerprint density at radius 2 is 1.52 bits per heavy atom. The van der Waals surface area contributed by atoms with Crippen LogP contribution in [-0.2, 0) is 4.79 Å². The van der Waals surface area contributed by atoms with Crippen LogP contribution in [0.3, 0.4) is 0 Å². The van der Waals surface area contributed by atoms with E-state index in [-0.39, 0.29) is 16.3 Å². The average molecular weight is 434 g/mol. The summed E-state index contributed by atoms with van der Waals surface area (Å²) in [4.78, 5) is 26.4. The van der Waals surface area contributed by atoms with Gasteiger partial charge in [0.05, 0.1) is 10.7 Å². The lowest BCUT2D eigenvalue weighted by Gasteiger charge is -2.37. The van der Waals surface area contributed by atoms with Gasteiger partial charge in [-0.15, -0.1) is 11.6 Å². The molecular formula is C14H7Cl6NO2. The van der Waals surface area contributed by atoms with E-state index in [9.17, 15) is 9.59 Å². The molecule has 122 valence electrons. The first-order valence-electron chi connectivity index (χ1n) is 6.06. The Morgan fingerprint density at radius 3 is 2.04 bits per heavy atom. The molecule has 1 aliphatic rings. The van der Waals surface area contributed by atoms with E-state index in [2.05, 4.69) is 4.99 Å². The monoisotopic (exact) mass is 431 g/mol. The average Bonchev–Trinajstić information content (AvgIpc) is 2.49. The number of allylic oxidation sites excluding steroid dienone is 2. The zero-order valence-corrected chi connectivity index (χ0v) is 15.9. The number of hydrogen-bond donors (Lipinski definition) is 0. The summed E-state index contributed by atoms with van der Waals surface area (Å²) in [6.45, 7) is 1.33. The summed E-state index contributed by atoms with van der Waals surface area (Å²) in [5.74, 6) is -1.52. The Hall–Kier alpha value is -0.290. The highest BCUT2D eigenvalue weighted by Gasteiger charge is 2.59. The first-order valence-corrected chi connectivity index (χ1v) is 8.33. The van der Waals surface area contributed by atoms with Crippen LogP contribution in [0.5, 0.6) is 0 Å². The van der Waals surface area contributed by atoms with E-state index in [1.165, 1.54) is 31.2 Å². The molecule has 9 heteroatoms. The summed E-state index contributed by atoms with van der Waals surface area (Å²) in [6.07, 6.45) is 0. The topological polar surface area (TPSA) is 46.5 Å². The van der Waals surface area contributed by atoms with E-state index in [1.807, 2.05) is 0 Å². The summed E-state index contributed by atoms with van der Waals surface area (Å²) in [5.41, 5.74) is 0.0528. The van der Waals surface area contributed by atoms with Crippen molar-refractivity contribution in [3.63, 3.8) is 0 Å².